The van der Waals surface area contributed by atoms with Crippen molar-refractivity contribution < 1.29 is 14.6 Å². The van der Waals surface area contributed by atoms with Gasteiger partial charge in [-0.2, -0.15) is 0 Å². The molecule has 4 heteroatoms. The van der Waals surface area contributed by atoms with Crippen molar-refractivity contribution in [1.82, 2.24) is 0 Å². The molecule has 1 aromatic carbocycles. The number of ether oxygens (including phenoxy) is 1. The van der Waals surface area contributed by atoms with Crippen LogP contribution in [0.1, 0.15) is 25.0 Å². The number of carboxylic acid groups (broad SMARTS) is 1. The van der Waals surface area contributed by atoms with E-state index in [0.29, 0.717) is 6.61 Å². The minimum atomic E-state index is -0.980. The second-order valence-electron chi connectivity index (χ2n) is 4.96. The van der Waals surface area contributed by atoms with E-state index in [1.54, 1.807) is 0 Å². The Hall–Kier alpha value is -1.55. The number of carboxylic acids is 1. The largest absolute Gasteiger partial charge is 0.493 e. The Morgan fingerprint density at radius 1 is 1.53 bits per heavy atom. The second-order valence-corrected chi connectivity index (χ2v) is 4.96. The molecule has 0 spiro atoms. The smallest absolute Gasteiger partial charge is 0.321 e. The van der Waals surface area contributed by atoms with E-state index in [-0.39, 0.29) is 0 Å². The van der Waals surface area contributed by atoms with Crippen LogP contribution in [0.5, 0.6) is 5.75 Å². The summed E-state index contributed by atoms with van der Waals surface area (Å²) in [5.41, 5.74) is 7.22. The van der Waals surface area contributed by atoms with Crippen LogP contribution in [0.15, 0.2) is 18.2 Å². The average molecular weight is 235 g/mol. The Morgan fingerprint density at radius 3 is 2.88 bits per heavy atom. The van der Waals surface area contributed by atoms with Crippen LogP contribution in [0, 0.1) is 0 Å². The van der Waals surface area contributed by atoms with Crippen LogP contribution < -0.4 is 10.5 Å². The highest BCUT2D eigenvalue weighted by molar-refractivity contribution is 5.75. The molecule has 0 saturated carbocycles. The van der Waals surface area contributed by atoms with E-state index in [9.17, 15) is 4.79 Å². The molecule has 0 saturated heterocycles. The summed E-state index contributed by atoms with van der Waals surface area (Å²) < 4.78 is 5.43. The lowest BCUT2D eigenvalue weighted by atomic mass is 9.77. The summed E-state index contributed by atoms with van der Waals surface area (Å²) in [4.78, 5) is 11.0. The fraction of sp³-hybridized carbons (Fsp3) is 0.462. The number of benzene rings is 1. The summed E-state index contributed by atoms with van der Waals surface area (Å²) in [7, 11) is 0. The van der Waals surface area contributed by atoms with Gasteiger partial charge in [-0.1, -0.05) is 26.0 Å². The second kappa shape index (κ2) is 4.04. The molecule has 1 heterocycles. The van der Waals surface area contributed by atoms with Crippen molar-refractivity contribution in [1.29, 1.82) is 0 Å². The van der Waals surface area contributed by atoms with Crippen LogP contribution >= 0.6 is 0 Å². The zero-order chi connectivity index (χ0) is 12.6. The number of aliphatic carboxylic acids is 1. The molecular formula is C13H17NO3. The first kappa shape index (κ1) is 11.9. The molecule has 0 fully saturated rings. The Morgan fingerprint density at radius 2 is 2.24 bits per heavy atom. The quantitative estimate of drug-likeness (QED) is 0.828. The fourth-order valence-electron chi connectivity index (χ4n) is 2.08. The van der Waals surface area contributed by atoms with Gasteiger partial charge in [0.1, 0.15) is 11.8 Å². The van der Waals surface area contributed by atoms with E-state index >= 15 is 0 Å². The molecule has 0 aromatic heterocycles. The number of hydrogen-bond acceptors (Lipinski definition) is 3. The number of hydrogen-bond donors (Lipinski definition) is 2. The summed E-state index contributed by atoms with van der Waals surface area (Å²) in [6.07, 6.45) is 0.877. The van der Waals surface area contributed by atoms with E-state index in [0.717, 1.165) is 23.3 Å². The monoisotopic (exact) mass is 235 g/mol. The highest BCUT2D eigenvalue weighted by Crippen LogP contribution is 2.32. The zero-order valence-electron chi connectivity index (χ0n) is 10.1. The lowest BCUT2D eigenvalue weighted by Crippen LogP contribution is -2.46. The highest BCUT2D eigenvalue weighted by atomic mass is 16.5. The van der Waals surface area contributed by atoms with Crippen molar-refractivity contribution >= 4 is 5.97 Å². The van der Waals surface area contributed by atoms with Crippen LogP contribution in [0.4, 0.5) is 0 Å². The molecule has 0 aliphatic carbocycles. The van der Waals surface area contributed by atoms with Crippen LogP contribution in [0.2, 0.25) is 0 Å². The summed E-state index contributed by atoms with van der Waals surface area (Å²) >= 11 is 0. The number of carbonyl (C=O) groups is 1. The van der Waals surface area contributed by atoms with E-state index in [4.69, 9.17) is 15.6 Å². The molecule has 0 amide bonds. The average Bonchev–Trinajstić information content (AvgIpc) is 2.74. The van der Waals surface area contributed by atoms with Gasteiger partial charge < -0.3 is 15.6 Å². The van der Waals surface area contributed by atoms with Crippen molar-refractivity contribution in [2.24, 2.45) is 5.73 Å². The topological polar surface area (TPSA) is 72.5 Å². The normalized spacial score (nSPS) is 16.2. The lowest BCUT2D eigenvalue weighted by molar-refractivity contribution is -0.140. The zero-order valence-corrected chi connectivity index (χ0v) is 10.1. The third-order valence-corrected chi connectivity index (χ3v) is 3.48. The van der Waals surface area contributed by atoms with Crippen molar-refractivity contribution in [3.05, 3.63) is 29.3 Å². The number of fused-ring (bicyclic) bond motifs is 1. The van der Waals surface area contributed by atoms with E-state index in [2.05, 4.69) is 0 Å². The Bertz CT molecular complexity index is 454. The molecule has 0 radical (unpaired) electrons. The first-order valence-corrected chi connectivity index (χ1v) is 5.67. The number of rotatable bonds is 3. The molecule has 4 nitrogen and oxygen atoms in total. The van der Waals surface area contributed by atoms with Crippen molar-refractivity contribution in [2.45, 2.75) is 31.7 Å². The molecule has 0 bridgehead atoms. The van der Waals surface area contributed by atoms with Crippen LogP contribution in [0.25, 0.3) is 0 Å². The third-order valence-electron chi connectivity index (χ3n) is 3.48. The minimum Gasteiger partial charge on any atom is -0.493 e. The summed E-state index contributed by atoms with van der Waals surface area (Å²) in [6, 6.07) is 4.88. The Labute approximate surface area is 100 Å². The Kier molecular flexibility index (Phi) is 2.83. The maximum atomic E-state index is 11.0. The molecule has 1 atom stereocenters. The molecule has 17 heavy (non-hydrogen) atoms. The first-order valence-electron chi connectivity index (χ1n) is 5.67. The van der Waals surface area contributed by atoms with Crippen LogP contribution in [-0.2, 0) is 16.6 Å². The Balaban J connectivity index is 2.36. The molecular weight excluding hydrogens is 218 g/mol. The predicted octanol–water partition coefficient (Wildman–Crippen LogP) is 1.31. The van der Waals surface area contributed by atoms with Gasteiger partial charge in [-0.3, -0.25) is 4.79 Å². The molecule has 1 unspecified atom stereocenters. The van der Waals surface area contributed by atoms with E-state index in [1.165, 1.54) is 0 Å². The summed E-state index contributed by atoms with van der Waals surface area (Å²) in [5.74, 6) is -0.0832. The van der Waals surface area contributed by atoms with E-state index in [1.807, 2.05) is 32.0 Å². The van der Waals surface area contributed by atoms with Gasteiger partial charge in [0.15, 0.2) is 0 Å². The van der Waals surface area contributed by atoms with Gasteiger partial charge in [0.2, 0.25) is 0 Å². The van der Waals surface area contributed by atoms with Gasteiger partial charge in [0.05, 0.1) is 6.61 Å². The fourth-order valence-corrected chi connectivity index (χ4v) is 2.08. The number of nitrogens with two attached hydrogens (primary N) is 1. The van der Waals surface area contributed by atoms with Gasteiger partial charge in [0, 0.05) is 11.8 Å². The van der Waals surface area contributed by atoms with Crippen molar-refractivity contribution in [2.75, 3.05) is 6.61 Å². The predicted molar refractivity (Wildman–Crippen MR) is 64.3 cm³/mol. The summed E-state index contributed by atoms with van der Waals surface area (Å²) in [5, 5.41) is 9.02. The van der Waals surface area contributed by atoms with Gasteiger partial charge >= 0.3 is 5.97 Å². The maximum absolute atomic E-state index is 11.0. The molecule has 1 aliphatic heterocycles. The minimum absolute atomic E-state index is 0.594. The van der Waals surface area contributed by atoms with Gasteiger partial charge in [0.25, 0.3) is 0 Å². The standard InChI is InChI=1S/C13H17NO3/c1-13(2,11(14)12(15)16)9-3-4-10-8(7-9)5-6-17-10/h3-4,7,11H,5-6,14H2,1-2H3,(H,15,16). The first-order chi connectivity index (χ1) is 7.93. The lowest BCUT2D eigenvalue weighted by Gasteiger charge is -2.29. The molecule has 2 rings (SSSR count). The van der Waals surface area contributed by atoms with Crippen LogP contribution in [-0.4, -0.2) is 23.7 Å². The van der Waals surface area contributed by atoms with E-state index < -0.39 is 17.4 Å². The molecule has 1 aromatic rings. The molecule has 92 valence electrons. The SMILES string of the molecule is CC(C)(c1ccc2c(c1)CCO2)C(N)C(=O)O. The highest BCUT2D eigenvalue weighted by Gasteiger charge is 2.34. The van der Waals surface area contributed by atoms with Crippen molar-refractivity contribution in [3.63, 3.8) is 0 Å². The van der Waals surface area contributed by atoms with Gasteiger partial charge in [-0.05, 0) is 17.2 Å². The molecule has 1 aliphatic rings. The molecule has 3 N–H and O–H groups in total. The maximum Gasteiger partial charge on any atom is 0.321 e. The van der Waals surface area contributed by atoms with Gasteiger partial charge in [-0.15, -0.1) is 0 Å². The van der Waals surface area contributed by atoms with Gasteiger partial charge in [-0.25, -0.2) is 0 Å². The summed E-state index contributed by atoms with van der Waals surface area (Å²) in [6.45, 7) is 4.40. The third kappa shape index (κ3) is 2.00. The van der Waals surface area contributed by atoms with Crippen LogP contribution in [0.3, 0.4) is 0 Å². The van der Waals surface area contributed by atoms with Crippen molar-refractivity contribution in [3.8, 4) is 5.75 Å².